The summed E-state index contributed by atoms with van der Waals surface area (Å²) in [5, 5.41) is 10.4. The molecule has 0 spiro atoms. The lowest BCUT2D eigenvalue weighted by atomic mass is 9.83. The van der Waals surface area contributed by atoms with Crippen molar-refractivity contribution in [2.45, 2.75) is 57.6 Å². The highest BCUT2D eigenvalue weighted by Gasteiger charge is 2.28. The lowest BCUT2D eigenvalue weighted by Gasteiger charge is -2.31. The van der Waals surface area contributed by atoms with E-state index in [0.29, 0.717) is 11.7 Å². The molecule has 0 bridgehead atoms. The van der Waals surface area contributed by atoms with Crippen LogP contribution in [0.2, 0.25) is 0 Å². The van der Waals surface area contributed by atoms with Crippen molar-refractivity contribution in [2.24, 2.45) is 5.92 Å². The molecule has 3 aromatic rings. The van der Waals surface area contributed by atoms with E-state index in [0.717, 1.165) is 60.6 Å². The molecular weight excluding hydrogens is 388 g/mol. The molecule has 1 aliphatic carbocycles. The van der Waals surface area contributed by atoms with E-state index in [9.17, 15) is 13.5 Å². The second-order valence-corrected chi connectivity index (χ2v) is 10.6. The number of sulfone groups is 1. The van der Waals surface area contributed by atoms with Crippen LogP contribution in [0.1, 0.15) is 63.4 Å². The van der Waals surface area contributed by atoms with Gasteiger partial charge in [-0.3, -0.25) is 9.97 Å². The highest BCUT2D eigenvalue weighted by Crippen LogP contribution is 2.39. The summed E-state index contributed by atoms with van der Waals surface area (Å²) >= 11 is 0. The average molecular weight is 417 g/mol. The molecule has 29 heavy (non-hydrogen) atoms. The quantitative estimate of drug-likeness (QED) is 0.659. The molecule has 3 aromatic heterocycles. The molecule has 1 aliphatic rings. The summed E-state index contributed by atoms with van der Waals surface area (Å²) in [6, 6.07) is 4.07. The van der Waals surface area contributed by atoms with Crippen LogP contribution in [0.5, 0.6) is 0 Å². The standard InChI is InChI=1S/C21H28N4O3S/c1-14(26)21-24-18-13-23-17-6-3-11-22-19(17)20(18)25(21)16-9-7-15(8-10-16)5-4-12-29(2,27)28/h3,6,11,13-16,26H,4-5,7-10,12H2,1-2H3. The SMILES string of the molecule is CC(O)c1nc2cnc3cccnc3c2n1C1CCC(CCCS(C)(=O)=O)CC1. The largest absolute Gasteiger partial charge is 0.385 e. The van der Waals surface area contributed by atoms with E-state index in [4.69, 9.17) is 0 Å². The summed E-state index contributed by atoms with van der Waals surface area (Å²) in [6.07, 6.45) is 9.96. The van der Waals surface area contributed by atoms with Crippen molar-refractivity contribution in [1.82, 2.24) is 19.5 Å². The summed E-state index contributed by atoms with van der Waals surface area (Å²) in [5.74, 6) is 1.51. The zero-order chi connectivity index (χ0) is 20.6. The minimum Gasteiger partial charge on any atom is -0.385 e. The van der Waals surface area contributed by atoms with E-state index >= 15 is 0 Å². The van der Waals surface area contributed by atoms with Crippen molar-refractivity contribution in [3.05, 3.63) is 30.4 Å². The van der Waals surface area contributed by atoms with Crippen LogP contribution in [0.25, 0.3) is 22.1 Å². The molecule has 0 saturated heterocycles. The Morgan fingerprint density at radius 3 is 2.66 bits per heavy atom. The molecule has 1 saturated carbocycles. The number of aliphatic hydroxyl groups excluding tert-OH is 1. The Hall–Kier alpha value is -2.06. The summed E-state index contributed by atoms with van der Waals surface area (Å²) in [6.45, 7) is 1.75. The molecule has 0 amide bonds. The number of nitrogens with zero attached hydrogens (tertiary/aromatic N) is 4. The van der Waals surface area contributed by atoms with Crippen LogP contribution in [0.3, 0.4) is 0 Å². The van der Waals surface area contributed by atoms with Crippen molar-refractivity contribution in [1.29, 1.82) is 0 Å². The van der Waals surface area contributed by atoms with Crippen LogP contribution >= 0.6 is 0 Å². The van der Waals surface area contributed by atoms with Gasteiger partial charge >= 0.3 is 0 Å². The number of aliphatic hydroxyl groups is 1. The number of pyridine rings is 2. The van der Waals surface area contributed by atoms with Crippen molar-refractivity contribution in [3.8, 4) is 0 Å². The third kappa shape index (κ3) is 4.28. The molecule has 1 unspecified atom stereocenters. The number of aromatic nitrogens is 4. The Morgan fingerprint density at radius 1 is 1.21 bits per heavy atom. The Morgan fingerprint density at radius 2 is 1.97 bits per heavy atom. The van der Waals surface area contributed by atoms with Crippen molar-refractivity contribution in [3.63, 3.8) is 0 Å². The Kier molecular flexibility index (Phi) is 5.57. The molecule has 0 radical (unpaired) electrons. The Labute approximate surface area is 171 Å². The molecule has 1 fully saturated rings. The maximum atomic E-state index is 11.4. The summed E-state index contributed by atoms with van der Waals surface area (Å²) in [7, 11) is -2.88. The summed E-state index contributed by atoms with van der Waals surface area (Å²) in [4.78, 5) is 13.7. The normalized spacial score (nSPS) is 21.6. The van der Waals surface area contributed by atoms with E-state index in [1.54, 1.807) is 19.3 Å². The fraction of sp³-hybridized carbons (Fsp3) is 0.571. The second kappa shape index (κ2) is 7.99. The van der Waals surface area contributed by atoms with Gasteiger partial charge in [-0.25, -0.2) is 13.4 Å². The molecule has 7 nitrogen and oxygen atoms in total. The smallest absolute Gasteiger partial charge is 0.147 e. The van der Waals surface area contributed by atoms with Gasteiger partial charge in [0.05, 0.1) is 17.2 Å². The minimum absolute atomic E-state index is 0.253. The topological polar surface area (TPSA) is 98.0 Å². The third-order valence-corrected chi connectivity index (χ3v) is 7.01. The van der Waals surface area contributed by atoms with Crippen molar-refractivity contribution < 1.29 is 13.5 Å². The van der Waals surface area contributed by atoms with Gasteiger partial charge in [0, 0.05) is 24.2 Å². The van der Waals surface area contributed by atoms with Gasteiger partial charge in [0.1, 0.15) is 32.8 Å². The summed E-state index contributed by atoms with van der Waals surface area (Å²) < 4.78 is 24.9. The van der Waals surface area contributed by atoms with Gasteiger partial charge in [0.25, 0.3) is 0 Å². The van der Waals surface area contributed by atoms with Crippen molar-refractivity contribution >= 4 is 31.9 Å². The predicted octanol–water partition coefficient (Wildman–Crippen LogP) is 3.59. The highest BCUT2D eigenvalue weighted by atomic mass is 32.2. The van der Waals surface area contributed by atoms with E-state index in [2.05, 4.69) is 19.5 Å². The van der Waals surface area contributed by atoms with Gasteiger partial charge in [-0.1, -0.05) is 0 Å². The maximum Gasteiger partial charge on any atom is 0.147 e. The minimum atomic E-state index is -2.88. The first-order valence-corrected chi connectivity index (χ1v) is 12.4. The molecule has 156 valence electrons. The molecular formula is C21H28N4O3S. The first kappa shape index (κ1) is 20.2. The fourth-order valence-corrected chi connectivity index (χ4v) is 5.29. The Balaban J connectivity index is 1.61. The van der Waals surface area contributed by atoms with Crippen LogP contribution in [0, 0.1) is 5.92 Å². The van der Waals surface area contributed by atoms with Crippen LogP contribution in [-0.4, -0.2) is 45.1 Å². The van der Waals surface area contributed by atoms with Gasteiger partial charge in [0.15, 0.2) is 0 Å². The van der Waals surface area contributed by atoms with Crippen molar-refractivity contribution in [2.75, 3.05) is 12.0 Å². The molecule has 1 N–H and O–H groups in total. The second-order valence-electron chi connectivity index (χ2n) is 8.33. The number of hydrogen-bond acceptors (Lipinski definition) is 6. The van der Waals surface area contributed by atoms with E-state index in [1.165, 1.54) is 6.26 Å². The molecule has 8 heteroatoms. The lowest BCUT2D eigenvalue weighted by molar-refractivity contribution is 0.174. The maximum absolute atomic E-state index is 11.4. The fourth-order valence-electron chi connectivity index (χ4n) is 4.60. The zero-order valence-corrected chi connectivity index (χ0v) is 17.8. The molecule has 1 atom stereocenters. The van der Waals surface area contributed by atoms with E-state index in [-0.39, 0.29) is 11.8 Å². The number of fused-ring (bicyclic) bond motifs is 3. The van der Waals surface area contributed by atoms with Gasteiger partial charge in [-0.15, -0.1) is 0 Å². The molecule has 3 heterocycles. The zero-order valence-electron chi connectivity index (χ0n) is 17.0. The third-order valence-electron chi connectivity index (χ3n) is 5.98. The number of rotatable bonds is 6. The van der Waals surface area contributed by atoms with E-state index < -0.39 is 15.9 Å². The van der Waals surface area contributed by atoms with Gasteiger partial charge < -0.3 is 9.67 Å². The molecule has 0 aliphatic heterocycles. The van der Waals surface area contributed by atoms with Crippen LogP contribution in [-0.2, 0) is 9.84 Å². The van der Waals surface area contributed by atoms with Crippen LogP contribution in [0.4, 0.5) is 0 Å². The Bertz CT molecular complexity index is 1120. The van der Waals surface area contributed by atoms with Gasteiger partial charge in [0.2, 0.25) is 0 Å². The average Bonchev–Trinajstić information content (AvgIpc) is 3.08. The number of imidazole rings is 1. The van der Waals surface area contributed by atoms with Gasteiger partial charge in [-0.05, 0) is 63.5 Å². The van der Waals surface area contributed by atoms with E-state index in [1.807, 2.05) is 12.1 Å². The predicted molar refractivity (Wildman–Crippen MR) is 113 cm³/mol. The first-order chi connectivity index (χ1) is 13.8. The summed E-state index contributed by atoms with van der Waals surface area (Å²) in [5.41, 5.74) is 3.36. The lowest BCUT2D eigenvalue weighted by Crippen LogP contribution is -2.21. The number of hydrogen-bond donors (Lipinski definition) is 1. The molecule has 4 rings (SSSR count). The van der Waals surface area contributed by atoms with Gasteiger partial charge in [-0.2, -0.15) is 0 Å². The van der Waals surface area contributed by atoms with Crippen LogP contribution in [0.15, 0.2) is 24.5 Å². The highest BCUT2D eigenvalue weighted by molar-refractivity contribution is 7.90. The first-order valence-electron chi connectivity index (χ1n) is 10.3. The monoisotopic (exact) mass is 416 g/mol. The molecule has 0 aromatic carbocycles. The van der Waals surface area contributed by atoms with Crippen LogP contribution < -0.4 is 0 Å².